The van der Waals surface area contributed by atoms with Gasteiger partial charge in [0.1, 0.15) is 0 Å². The van der Waals surface area contributed by atoms with Gasteiger partial charge in [-0.2, -0.15) is 0 Å². The molecular weight excluding hydrogens is 246 g/mol. The Hall–Kier alpha value is -0.720. The van der Waals surface area contributed by atoms with Gasteiger partial charge in [0.05, 0.1) is 10.6 Å². The Morgan fingerprint density at radius 2 is 1.81 bits per heavy atom. The lowest BCUT2D eigenvalue weighted by Crippen LogP contribution is -2.13. The summed E-state index contributed by atoms with van der Waals surface area (Å²) in [4.78, 5) is 0.259. The zero-order chi connectivity index (χ0) is 12.2. The van der Waals surface area contributed by atoms with Gasteiger partial charge in [0.2, 0.25) is 0 Å². The minimum absolute atomic E-state index is 0.0852. The number of hydrogen-bond acceptors (Lipinski definition) is 4. The minimum atomic E-state index is -3.31. The van der Waals surface area contributed by atoms with E-state index in [9.17, 15) is 12.6 Å². The Balaban J connectivity index is 2.85. The summed E-state index contributed by atoms with van der Waals surface area (Å²) in [6.07, 6.45) is 1.49. The zero-order valence-electron chi connectivity index (χ0n) is 9.05. The molecule has 0 saturated heterocycles. The molecule has 4 nitrogen and oxygen atoms in total. The fraction of sp³-hybridized carbons (Fsp3) is 0.400. The van der Waals surface area contributed by atoms with Crippen LogP contribution in [-0.2, 0) is 27.2 Å². The van der Waals surface area contributed by atoms with Crippen LogP contribution in [0.25, 0.3) is 0 Å². The van der Waals surface area contributed by atoms with Crippen LogP contribution in [0.1, 0.15) is 5.56 Å². The molecule has 0 bridgehead atoms. The third kappa shape index (κ3) is 3.70. The van der Waals surface area contributed by atoms with Crippen molar-refractivity contribution in [3.8, 4) is 0 Å². The van der Waals surface area contributed by atoms with E-state index >= 15 is 0 Å². The van der Waals surface area contributed by atoms with E-state index in [1.54, 1.807) is 12.1 Å². The first-order valence-corrected chi connectivity index (χ1v) is 8.15. The molecule has 90 valence electrons. The molecule has 0 amide bonds. The second-order valence-electron chi connectivity index (χ2n) is 3.44. The zero-order valence-corrected chi connectivity index (χ0v) is 10.7. The molecule has 0 radical (unpaired) electrons. The van der Waals surface area contributed by atoms with Crippen LogP contribution in [0.4, 0.5) is 0 Å². The standard InChI is InChI=1S/C10H15NO3S2/c1-15(12)6-7-16(13,14)10-4-2-9(8-11)3-5-10/h2-5H,6-8,11H2,1H3. The summed E-state index contributed by atoms with van der Waals surface area (Å²) in [5, 5.41) is 0. The average Bonchev–Trinajstić information content (AvgIpc) is 2.27. The second kappa shape index (κ2) is 5.56. The van der Waals surface area contributed by atoms with Gasteiger partial charge in [-0.15, -0.1) is 0 Å². The summed E-state index contributed by atoms with van der Waals surface area (Å²) in [5.74, 6) is 0.0824. The Morgan fingerprint density at radius 3 is 2.25 bits per heavy atom. The Morgan fingerprint density at radius 1 is 1.25 bits per heavy atom. The van der Waals surface area contributed by atoms with Gasteiger partial charge in [0, 0.05) is 29.4 Å². The van der Waals surface area contributed by atoms with Crippen molar-refractivity contribution in [2.75, 3.05) is 17.8 Å². The van der Waals surface area contributed by atoms with E-state index < -0.39 is 20.6 Å². The maximum atomic E-state index is 11.8. The first-order valence-electron chi connectivity index (χ1n) is 4.77. The Labute approximate surface area is 98.2 Å². The van der Waals surface area contributed by atoms with Crippen LogP contribution in [0.5, 0.6) is 0 Å². The lowest BCUT2D eigenvalue weighted by atomic mass is 10.2. The van der Waals surface area contributed by atoms with E-state index in [0.717, 1.165) is 5.56 Å². The summed E-state index contributed by atoms with van der Waals surface area (Å²) < 4.78 is 34.4. The molecular formula is C10H15NO3S2. The predicted octanol–water partition coefficient (Wildman–Crippen LogP) is 0.297. The smallest absolute Gasteiger partial charge is 0.179 e. The van der Waals surface area contributed by atoms with E-state index in [-0.39, 0.29) is 16.4 Å². The number of benzene rings is 1. The molecule has 0 spiro atoms. The summed E-state index contributed by atoms with van der Waals surface area (Å²) in [5.41, 5.74) is 6.30. The van der Waals surface area contributed by atoms with Gasteiger partial charge in [0.15, 0.2) is 9.84 Å². The normalized spacial score (nSPS) is 13.6. The predicted molar refractivity (Wildman–Crippen MR) is 65.3 cm³/mol. The lowest BCUT2D eigenvalue weighted by molar-refractivity contribution is 0.597. The van der Waals surface area contributed by atoms with E-state index in [1.807, 2.05) is 0 Å². The summed E-state index contributed by atoms with van der Waals surface area (Å²) in [6.45, 7) is 0.388. The van der Waals surface area contributed by atoms with Crippen molar-refractivity contribution in [2.45, 2.75) is 11.4 Å². The number of nitrogens with two attached hydrogens (primary N) is 1. The maximum absolute atomic E-state index is 11.8. The summed E-state index contributed by atoms with van der Waals surface area (Å²) in [6, 6.07) is 6.46. The van der Waals surface area contributed by atoms with Gasteiger partial charge in [-0.25, -0.2) is 8.42 Å². The van der Waals surface area contributed by atoms with Crippen LogP contribution in [0.3, 0.4) is 0 Å². The lowest BCUT2D eigenvalue weighted by Gasteiger charge is -2.04. The average molecular weight is 261 g/mol. The largest absolute Gasteiger partial charge is 0.326 e. The van der Waals surface area contributed by atoms with E-state index in [4.69, 9.17) is 5.73 Å². The molecule has 1 rings (SSSR count). The molecule has 2 N–H and O–H groups in total. The van der Waals surface area contributed by atoms with Crippen molar-refractivity contribution in [1.29, 1.82) is 0 Å². The first-order chi connectivity index (χ1) is 7.45. The summed E-state index contributed by atoms with van der Waals surface area (Å²) in [7, 11) is -4.41. The quantitative estimate of drug-likeness (QED) is 0.827. The van der Waals surface area contributed by atoms with Gasteiger partial charge in [-0.1, -0.05) is 12.1 Å². The number of sulfone groups is 1. The van der Waals surface area contributed by atoms with Gasteiger partial charge in [-0.05, 0) is 17.7 Å². The Kier molecular flexibility index (Phi) is 4.64. The van der Waals surface area contributed by atoms with Crippen molar-refractivity contribution >= 4 is 20.6 Å². The minimum Gasteiger partial charge on any atom is -0.326 e. The molecule has 0 aliphatic carbocycles. The van der Waals surface area contributed by atoms with E-state index in [1.165, 1.54) is 18.4 Å². The van der Waals surface area contributed by atoms with Gasteiger partial charge in [-0.3, -0.25) is 4.21 Å². The van der Waals surface area contributed by atoms with Crippen LogP contribution >= 0.6 is 0 Å². The van der Waals surface area contributed by atoms with E-state index in [2.05, 4.69) is 0 Å². The molecule has 0 heterocycles. The molecule has 1 aromatic rings. The highest BCUT2D eigenvalue weighted by molar-refractivity contribution is 7.93. The van der Waals surface area contributed by atoms with Crippen molar-refractivity contribution in [3.05, 3.63) is 29.8 Å². The molecule has 16 heavy (non-hydrogen) atoms. The molecule has 1 atom stereocenters. The van der Waals surface area contributed by atoms with Crippen LogP contribution in [0.2, 0.25) is 0 Å². The SMILES string of the molecule is CS(=O)CCS(=O)(=O)c1ccc(CN)cc1. The highest BCUT2D eigenvalue weighted by Gasteiger charge is 2.14. The fourth-order valence-electron chi connectivity index (χ4n) is 1.18. The highest BCUT2D eigenvalue weighted by Crippen LogP contribution is 2.12. The van der Waals surface area contributed by atoms with Gasteiger partial charge >= 0.3 is 0 Å². The first kappa shape index (κ1) is 13.3. The molecule has 1 unspecified atom stereocenters. The maximum Gasteiger partial charge on any atom is 0.179 e. The van der Waals surface area contributed by atoms with Crippen molar-refractivity contribution < 1.29 is 12.6 Å². The third-order valence-corrected chi connectivity index (χ3v) is 4.93. The van der Waals surface area contributed by atoms with Crippen LogP contribution in [0, 0.1) is 0 Å². The number of hydrogen-bond donors (Lipinski definition) is 1. The Bertz CT molecular complexity index is 465. The van der Waals surface area contributed by atoms with Crippen LogP contribution in [-0.4, -0.2) is 30.4 Å². The van der Waals surface area contributed by atoms with E-state index in [0.29, 0.717) is 6.54 Å². The number of rotatable bonds is 5. The van der Waals surface area contributed by atoms with Crippen LogP contribution < -0.4 is 5.73 Å². The fourth-order valence-corrected chi connectivity index (χ4v) is 3.78. The molecule has 0 aromatic heterocycles. The topological polar surface area (TPSA) is 77.2 Å². The van der Waals surface area contributed by atoms with Crippen LogP contribution in [0.15, 0.2) is 29.2 Å². The molecule has 0 aliphatic heterocycles. The monoisotopic (exact) mass is 261 g/mol. The highest BCUT2D eigenvalue weighted by atomic mass is 32.2. The molecule has 0 aliphatic rings. The molecule has 0 fully saturated rings. The summed E-state index contributed by atoms with van der Waals surface area (Å²) >= 11 is 0. The van der Waals surface area contributed by atoms with Gasteiger partial charge < -0.3 is 5.73 Å². The van der Waals surface area contributed by atoms with Crippen molar-refractivity contribution in [1.82, 2.24) is 0 Å². The third-order valence-electron chi connectivity index (χ3n) is 2.16. The second-order valence-corrected chi connectivity index (χ2v) is 7.11. The van der Waals surface area contributed by atoms with Crippen molar-refractivity contribution in [2.24, 2.45) is 5.73 Å². The molecule has 6 heteroatoms. The van der Waals surface area contributed by atoms with Gasteiger partial charge in [0.25, 0.3) is 0 Å². The van der Waals surface area contributed by atoms with Crippen molar-refractivity contribution in [3.63, 3.8) is 0 Å². The molecule has 1 aromatic carbocycles. The molecule has 0 saturated carbocycles.